The molecule has 0 saturated heterocycles. The van der Waals surface area contributed by atoms with Gasteiger partial charge in [0.2, 0.25) is 0 Å². The van der Waals surface area contributed by atoms with Crippen molar-refractivity contribution >= 4 is 23.5 Å². The Morgan fingerprint density at radius 1 is 1.17 bits per heavy atom. The van der Waals surface area contributed by atoms with Crippen LogP contribution in [0.3, 0.4) is 0 Å². The summed E-state index contributed by atoms with van der Waals surface area (Å²) in [5.74, 6) is 1.30. The number of ether oxygens (including phenoxy) is 1. The normalized spacial score (nSPS) is 12.2. The highest BCUT2D eigenvalue weighted by atomic mass is 35.5. The third-order valence-corrected chi connectivity index (χ3v) is 4.74. The van der Waals surface area contributed by atoms with Gasteiger partial charge in [-0.1, -0.05) is 42.8 Å². The van der Waals surface area contributed by atoms with E-state index in [0.29, 0.717) is 35.4 Å². The topological polar surface area (TPSA) is 74.8 Å². The molecular weight excluding hydrogens is 388 g/mol. The average Bonchev–Trinajstić information content (AvgIpc) is 2.76. The molecule has 1 unspecified atom stereocenters. The van der Waals surface area contributed by atoms with Crippen LogP contribution in [0.5, 0.6) is 5.75 Å². The molecule has 6 nitrogen and oxygen atoms in total. The van der Waals surface area contributed by atoms with E-state index in [0.717, 1.165) is 18.4 Å². The first-order valence-electron chi connectivity index (χ1n) is 9.74. The van der Waals surface area contributed by atoms with E-state index in [4.69, 9.17) is 16.3 Å². The maximum absolute atomic E-state index is 11.7. The molecule has 2 rings (SSSR count). The number of aliphatic imine (C=N–C) groups is 1. The van der Waals surface area contributed by atoms with Crippen LogP contribution < -0.4 is 20.7 Å². The summed E-state index contributed by atoms with van der Waals surface area (Å²) >= 11 is 6.18. The summed E-state index contributed by atoms with van der Waals surface area (Å²) < 4.78 is 5.99. The van der Waals surface area contributed by atoms with Crippen LogP contribution in [0.15, 0.2) is 53.5 Å². The summed E-state index contributed by atoms with van der Waals surface area (Å²) in [4.78, 5) is 16.0. The Kier molecular flexibility index (Phi) is 9.31. The van der Waals surface area contributed by atoms with Crippen LogP contribution in [0.2, 0.25) is 5.02 Å². The van der Waals surface area contributed by atoms with E-state index in [-0.39, 0.29) is 12.0 Å². The van der Waals surface area contributed by atoms with Crippen LogP contribution >= 0.6 is 11.6 Å². The molecule has 156 valence electrons. The molecule has 3 N–H and O–H groups in total. The van der Waals surface area contributed by atoms with Crippen LogP contribution in [-0.4, -0.2) is 45.2 Å². The van der Waals surface area contributed by atoms with Gasteiger partial charge in [-0.2, -0.15) is 0 Å². The highest BCUT2D eigenvalue weighted by Gasteiger charge is 2.11. The molecule has 1 atom stereocenters. The highest BCUT2D eigenvalue weighted by molar-refractivity contribution is 6.32. The SMILES string of the molecule is CCC(CNC(=NC)NCCc1cccc(C(=O)NC)c1)Oc1ccccc1Cl. The van der Waals surface area contributed by atoms with Gasteiger partial charge in [0.25, 0.3) is 5.91 Å². The number of halogens is 1. The lowest BCUT2D eigenvalue weighted by Crippen LogP contribution is -2.43. The summed E-state index contributed by atoms with van der Waals surface area (Å²) in [5.41, 5.74) is 1.75. The minimum absolute atomic E-state index is 0.0299. The van der Waals surface area contributed by atoms with Crippen LogP contribution in [-0.2, 0) is 6.42 Å². The molecule has 29 heavy (non-hydrogen) atoms. The summed E-state index contributed by atoms with van der Waals surface area (Å²) in [6.07, 6.45) is 1.58. The molecular formula is C22H29ClN4O2. The smallest absolute Gasteiger partial charge is 0.251 e. The number of para-hydroxylation sites is 1. The summed E-state index contributed by atoms with van der Waals surface area (Å²) in [5, 5.41) is 9.83. The summed E-state index contributed by atoms with van der Waals surface area (Å²) in [7, 11) is 3.36. The van der Waals surface area contributed by atoms with Crippen molar-refractivity contribution in [2.75, 3.05) is 27.2 Å². The second-order valence-corrected chi connectivity index (χ2v) is 6.90. The summed E-state index contributed by atoms with van der Waals surface area (Å²) in [6, 6.07) is 15.1. The van der Waals surface area contributed by atoms with Gasteiger partial charge in [-0.25, -0.2) is 0 Å². The third-order valence-electron chi connectivity index (χ3n) is 4.43. The fraction of sp³-hybridized carbons (Fsp3) is 0.364. The fourth-order valence-corrected chi connectivity index (χ4v) is 2.94. The van der Waals surface area contributed by atoms with Crippen molar-refractivity contribution < 1.29 is 9.53 Å². The molecule has 2 aromatic carbocycles. The Hall–Kier alpha value is -2.73. The molecule has 0 radical (unpaired) electrons. The fourth-order valence-electron chi connectivity index (χ4n) is 2.76. The van der Waals surface area contributed by atoms with E-state index in [2.05, 4.69) is 27.9 Å². The molecule has 0 aliphatic carbocycles. The van der Waals surface area contributed by atoms with Crippen molar-refractivity contribution in [3.8, 4) is 5.75 Å². The maximum atomic E-state index is 11.7. The molecule has 0 aliphatic heterocycles. The van der Waals surface area contributed by atoms with Gasteiger partial charge in [0, 0.05) is 26.2 Å². The molecule has 0 aliphatic rings. The van der Waals surface area contributed by atoms with Gasteiger partial charge in [0.05, 0.1) is 11.6 Å². The molecule has 2 aromatic rings. The molecule has 0 spiro atoms. The van der Waals surface area contributed by atoms with Crippen molar-refractivity contribution in [3.63, 3.8) is 0 Å². The molecule has 0 fully saturated rings. The lowest BCUT2D eigenvalue weighted by molar-refractivity contribution is 0.0963. The molecule has 0 heterocycles. The standard InChI is InChI=1S/C22H29ClN4O2/c1-4-18(29-20-11-6-5-10-19(20)23)15-27-22(25-3)26-13-12-16-8-7-9-17(14-16)21(28)24-2/h5-11,14,18H,4,12-13,15H2,1-3H3,(H,24,28)(H2,25,26,27). The number of hydrogen-bond acceptors (Lipinski definition) is 3. The van der Waals surface area contributed by atoms with E-state index >= 15 is 0 Å². The lowest BCUT2D eigenvalue weighted by Gasteiger charge is -2.20. The second kappa shape index (κ2) is 12.0. The maximum Gasteiger partial charge on any atom is 0.251 e. The first-order chi connectivity index (χ1) is 14.1. The molecule has 1 amide bonds. The van der Waals surface area contributed by atoms with Gasteiger partial charge in [-0.05, 0) is 42.7 Å². The van der Waals surface area contributed by atoms with Gasteiger partial charge in [0.1, 0.15) is 11.9 Å². The first kappa shape index (κ1) is 22.6. The van der Waals surface area contributed by atoms with E-state index < -0.39 is 0 Å². The van der Waals surface area contributed by atoms with Crippen molar-refractivity contribution in [3.05, 3.63) is 64.7 Å². The van der Waals surface area contributed by atoms with Gasteiger partial charge in [-0.15, -0.1) is 0 Å². The van der Waals surface area contributed by atoms with E-state index in [1.54, 1.807) is 20.2 Å². The molecule has 0 saturated carbocycles. The van der Waals surface area contributed by atoms with Crippen LogP contribution in [0.4, 0.5) is 0 Å². The third kappa shape index (κ3) is 7.31. The number of carbonyl (C=O) groups excluding carboxylic acids is 1. The highest BCUT2D eigenvalue weighted by Crippen LogP contribution is 2.24. The van der Waals surface area contributed by atoms with Gasteiger partial charge < -0.3 is 20.7 Å². The lowest BCUT2D eigenvalue weighted by atomic mass is 10.1. The Morgan fingerprint density at radius 2 is 1.97 bits per heavy atom. The largest absolute Gasteiger partial charge is 0.487 e. The van der Waals surface area contributed by atoms with Crippen LogP contribution in [0.25, 0.3) is 0 Å². The number of carbonyl (C=O) groups is 1. The first-order valence-corrected chi connectivity index (χ1v) is 10.1. The Morgan fingerprint density at radius 3 is 2.66 bits per heavy atom. The van der Waals surface area contributed by atoms with Gasteiger partial charge in [0.15, 0.2) is 5.96 Å². The van der Waals surface area contributed by atoms with Crippen LogP contribution in [0, 0.1) is 0 Å². The minimum Gasteiger partial charge on any atom is -0.487 e. The Labute approximate surface area is 177 Å². The zero-order valence-electron chi connectivity index (χ0n) is 17.2. The van der Waals surface area contributed by atoms with E-state index in [1.165, 1.54) is 0 Å². The van der Waals surface area contributed by atoms with E-state index in [1.807, 2.05) is 42.5 Å². The van der Waals surface area contributed by atoms with E-state index in [9.17, 15) is 4.79 Å². The molecule has 0 bridgehead atoms. The van der Waals surface area contributed by atoms with Gasteiger partial charge in [-0.3, -0.25) is 9.79 Å². The number of nitrogens with zero attached hydrogens (tertiary/aromatic N) is 1. The molecule has 7 heteroatoms. The van der Waals surface area contributed by atoms with Crippen molar-refractivity contribution in [1.29, 1.82) is 0 Å². The minimum atomic E-state index is -0.0820. The van der Waals surface area contributed by atoms with Crippen molar-refractivity contribution in [1.82, 2.24) is 16.0 Å². The number of hydrogen-bond donors (Lipinski definition) is 3. The number of nitrogens with one attached hydrogen (secondary N) is 3. The van der Waals surface area contributed by atoms with Crippen LogP contribution in [0.1, 0.15) is 29.3 Å². The Balaban J connectivity index is 1.81. The number of rotatable bonds is 9. The number of amides is 1. The predicted octanol–water partition coefficient (Wildman–Crippen LogP) is 3.26. The van der Waals surface area contributed by atoms with Gasteiger partial charge >= 0.3 is 0 Å². The number of benzene rings is 2. The quantitative estimate of drug-likeness (QED) is 0.433. The monoisotopic (exact) mass is 416 g/mol. The van der Waals surface area contributed by atoms with Crippen molar-refractivity contribution in [2.45, 2.75) is 25.9 Å². The second-order valence-electron chi connectivity index (χ2n) is 6.49. The average molecular weight is 417 g/mol. The summed E-state index contributed by atoms with van der Waals surface area (Å²) in [6.45, 7) is 3.37. The predicted molar refractivity (Wildman–Crippen MR) is 119 cm³/mol. The van der Waals surface area contributed by atoms with Crippen molar-refractivity contribution in [2.24, 2.45) is 4.99 Å². The zero-order valence-corrected chi connectivity index (χ0v) is 17.9. The molecule has 0 aromatic heterocycles. The Bertz CT molecular complexity index is 826. The number of guanidine groups is 1. The zero-order chi connectivity index (χ0) is 21.1.